The highest BCUT2D eigenvalue weighted by molar-refractivity contribution is 5.75. The maximum absolute atomic E-state index is 10.5. The van der Waals surface area contributed by atoms with Gasteiger partial charge in [0.1, 0.15) is 28.7 Å². The first-order chi connectivity index (χ1) is 16.4. The zero-order chi connectivity index (χ0) is 23.8. The summed E-state index contributed by atoms with van der Waals surface area (Å²) in [5.74, 6) is 0.266. The quantitative estimate of drug-likeness (QED) is 0.250. The van der Waals surface area contributed by atoms with Crippen LogP contribution in [0, 0.1) is 0 Å². The third-order valence-electron chi connectivity index (χ3n) is 6.39. The van der Waals surface area contributed by atoms with E-state index in [1.165, 1.54) is 6.07 Å². The fraction of sp³-hybridized carbons (Fsp3) is 0.103. The van der Waals surface area contributed by atoms with Gasteiger partial charge >= 0.3 is 0 Å². The first-order valence-corrected chi connectivity index (χ1v) is 11.0. The Morgan fingerprint density at radius 3 is 1.79 bits per heavy atom. The number of aromatic hydroxyl groups is 5. The largest absolute Gasteiger partial charge is 0.508 e. The molecule has 0 radical (unpaired) electrons. The molecule has 2 atom stereocenters. The Morgan fingerprint density at radius 1 is 0.559 bits per heavy atom. The Hall–Kier alpha value is -4.38. The van der Waals surface area contributed by atoms with Crippen LogP contribution in [0.15, 0.2) is 78.9 Å². The topological polar surface area (TPSA) is 101 Å². The van der Waals surface area contributed by atoms with Gasteiger partial charge in [-0.2, -0.15) is 0 Å². The number of phenols is 5. The molecule has 1 aliphatic carbocycles. The molecule has 34 heavy (non-hydrogen) atoms. The Morgan fingerprint density at radius 2 is 1.15 bits per heavy atom. The summed E-state index contributed by atoms with van der Waals surface area (Å²) in [5, 5.41) is 50.2. The van der Waals surface area contributed by atoms with Crippen molar-refractivity contribution in [3.05, 3.63) is 112 Å². The molecule has 0 amide bonds. The molecule has 5 nitrogen and oxygen atoms in total. The van der Waals surface area contributed by atoms with Gasteiger partial charge in [0.15, 0.2) is 0 Å². The van der Waals surface area contributed by atoms with Crippen LogP contribution in [0.3, 0.4) is 0 Å². The number of fused-ring (bicyclic) bond motifs is 1. The van der Waals surface area contributed by atoms with Crippen molar-refractivity contribution in [3.63, 3.8) is 0 Å². The minimum Gasteiger partial charge on any atom is -0.508 e. The molecule has 0 fully saturated rings. The summed E-state index contributed by atoms with van der Waals surface area (Å²) >= 11 is 0. The van der Waals surface area contributed by atoms with Gasteiger partial charge in [0.25, 0.3) is 0 Å². The molecule has 0 bridgehead atoms. The molecule has 0 heterocycles. The van der Waals surface area contributed by atoms with Gasteiger partial charge in [-0.25, -0.2) is 0 Å². The minimum absolute atomic E-state index is 0.0205. The van der Waals surface area contributed by atoms with Crippen molar-refractivity contribution in [1.29, 1.82) is 0 Å². The smallest absolute Gasteiger partial charge is 0.119 e. The van der Waals surface area contributed by atoms with Crippen molar-refractivity contribution in [2.24, 2.45) is 0 Å². The van der Waals surface area contributed by atoms with Gasteiger partial charge in [0.2, 0.25) is 0 Å². The van der Waals surface area contributed by atoms with Gasteiger partial charge in [-0.1, -0.05) is 36.4 Å². The molecular weight excluding hydrogens is 428 g/mol. The summed E-state index contributed by atoms with van der Waals surface area (Å²) in [4.78, 5) is 0. The van der Waals surface area contributed by atoms with Crippen LogP contribution in [0.4, 0.5) is 0 Å². The first kappa shape index (κ1) is 21.5. The van der Waals surface area contributed by atoms with E-state index < -0.39 is 0 Å². The highest BCUT2D eigenvalue weighted by Gasteiger charge is 2.37. The highest BCUT2D eigenvalue weighted by atomic mass is 16.3. The number of hydrogen-bond acceptors (Lipinski definition) is 5. The maximum atomic E-state index is 10.5. The van der Waals surface area contributed by atoms with Crippen molar-refractivity contribution in [1.82, 2.24) is 0 Å². The number of benzene rings is 4. The van der Waals surface area contributed by atoms with E-state index in [1.54, 1.807) is 60.7 Å². The second-order valence-electron chi connectivity index (χ2n) is 8.70. The Labute approximate surface area is 197 Å². The molecule has 0 saturated heterocycles. The Bertz CT molecular complexity index is 1350. The average Bonchev–Trinajstić information content (AvgIpc) is 3.17. The Kier molecular flexibility index (Phi) is 5.38. The minimum atomic E-state index is -0.197. The summed E-state index contributed by atoms with van der Waals surface area (Å²) in [6.07, 6.45) is 4.49. The number of hydrogen-bond donors (Lipinski definition) is 5. The third-order valence-corrected chi connectivity index (χ3v) is 6.39. The van der Waals surface area contributed by atoms with Crippen molar-refractivity contribution < 1.29 is 25.5 Å². The SMILES string of the molecule is Oc1ccc(/C=C/c2cc(O)cc3c2[C@@H](c2cc(O)cc(O)c2)[C@H](c2ccc(O)cc2)C3)cc1. The predicted octanol–water partition coefficient (Wildman–Crippen LogP) is 5.86. The monoisotopic (exact) mass is 452 g/mol. The van der Waals surface area contributed by atoms with Crippen LogP contribution in [-0.2, 0) is 6.42 Å². The van der Waals surface area contributed by atoms with Crippen molar-refractivity contribution >= 4 is 12.2 Å². The molecule has 0 saturated carbocycles. The lowest BCUT2D eigenvalue weighted by molar-refractivity contribution is 0.448. The van der Waals surface area contributed by atoms with Crippen molar-refractivity contribution in [3.8, 4) is 28.7 Å². The lowest BCUT2D eigenvalue weighted by Gasteiger charge is -2.23. The van der Waals surface area contributed by atoms with E-state index in [0.717, 1.165) is 33.4 Å². The fourth-order valence-corrected chi connectivity index (χ4v) is 4.96. The van der Waals surface area contributed by atoms with E-state index in [2.05, 4.69) is 0 Å². The predicted molar refractivity (Wildman–Crippen MR) is 131 cm³/mol. The lowest BCUT2D eigenvalue weighted by Crippen LogP contribution is -2.09. The molecule has 5 heteroatoms. The Balaban J connectivity index is 1.67. The number of rotatable bonds is 4. The fourth-order valence-electron chi connectivity index (χ4n) is 4.96. The summed E-state index contributed by atoms with van der Waals surface area (Å²) in [7, 11) is 0. The maximum Gasteiger partial charge on any atom is 0.119 e. The standard InChI is InChI=1S/C29H24O5/c30-22-7-2-17(3-8-22)1-4-19-11-24(32)14-21-15-27(18-5-9-23(31)10-6-18)29(28(19)21)20-12-25(33)16-26(34)13-20/h1-14,16,27,29-34H,15H2/b4-1+/t27-,29-/m0/s1. The van der Waals surface area contributed by atoms with Crippen LogP contribution in [0.5, 0.6) is 28.7 Å². The van der Waals surface area contributed by atoms with Crippen LogP contribution in [0.2, 0.25) is 0 Å². The van der Waals surface area contributed by atoms with Crippen LogP contribution < -0.4 is 0 Å². The van der Waals surface area contributed by atoms with Crippen LogP contribution in [0.1, 0.15) is 45.2 Å². The molecule has 0 aromatic heterocycles. The summed E-state index contributed by atoms with van der Waals surface area (Å²) < 4.78 is 0. The zero-order valence-corrected chi connectivity index (χ0v) is 18.3. The van der Waals surface area contributed by atoms with Crippen LogP contribution in [-0.4, -0.2) is 25.5 Å². The van der Waals surface area contributed by atoms with Gasteiger partial charge < -0.3 is 25.5 Å². The summed E-state index contributed by atoms with van der Waals surface area (Å²) in [5.41, 5.74) is 5.49. The van der Waals surface area contributed by atoms with E-state index in [0.29, 0.717) is 6.42 Å². The molecular formula is C29H24O5. The molecule has 0 aliphatic heterocycles. The summed E-state index contributed by atoms with van der Waals surface area (Å²) in [6, 6.07) is 22.0. The van der Waals surface area contributed by atoms with E-state index in [-0.39, 0.29) is 40.6 Å². The molecule has 5 N–H and O–H groups in total. The molecule has 170 valence electrons. The van der Waals surface area contributed by atoms with Gasteiger partial charge in [-0.15, -0.1) is 0 Å². The molecule has 1 aliphatic rings. The highest BCUT2D eigenvalue weighted by Crippen LogP contribution is 2.51. The van der Waals surface area contributed by atoms with E-state index >= 15 is 0 Å². The molecule has 4 aromatic carbocycles. The van der Waals surface area contributed by atoms with Crippen molar-refractivity contribution in [2.75, 3.05) is 0 Å². The van der Waals surface area contributed by atoms with Crippen LogP contribution >= 0.6 is 0 Å². The van der Waals surface area contributed by atoms with E-state index in [4.69, 9.17) is 0 Å². The van der Waals surface area contributed by atoms with Gasteiger partial charge in [-0.05, 0) is 94.3 Å². The second-order valence-corrected chi connectivity index (χ2v) is 8.70. The van der Waals surface area contributed by atoms with Gasteiger partial charge in [-0.3, -0.25) is 0 Å². The molecule has 4 aromatic rings. The average molecular weight is 453 g/mol. The lowest BCUT2D eigenvalue weighted by atomic mass is 9.80. The van der Waals surface area contributed by atoms with E-state index in [9.17, 15) is 25.5 Å². The first-order valence-electron chi connectivity index (χ1n) is 11.0. The molecule has 0 unspecified atom stereocenters. The number of phenolic OH excluding ortho intramolecular Hbond substituents is 5. The molecule has 5 rings (SSSR count). The van der Waals surface area contributed by atoms with Gasteiger partial charge in [0, 0.05) is 12.0 Å². The molecule has 0 spiro atoms. The van der Waals surface area contributed by atoms with Crippen LogP contribution in [0.25, 0.3) is 12.2 Å². The van der Waals surface area contributed by atoms with Crippen molar-refractivity contribution in [2.45, 2.75) is 18.3 Å². The van der Waals surface area contributed by atoms with Gasteiger partial charge in [0.05, 0.1) is 0 Å². The summed E-state index contributed by atoms with van der Waals surface area (Å²) in [6.45, 7) is 0. The zero-order valence-electron chi connectivity index (χ0n) is 18.3. The normalized spacial score (nSPS) is 17.2. The van der Waals surface area contributed by atoms with E-state index in [1.807, 2.05) is 24.3 Å². The second kappa shape index (κ2) is 8.52. The third kappa shape index (κ3) is 4.16.